The van der Waals surface area contributed by atoms with Crippen molar-refractivity contribution < 1.29 is 14.0 Å². The van der Waals surface area contributed by atoms with Crippen LogP contribution in [-0.4, -0.2) is 39.0 Å². The SMILES string of the molecule is CN1C(=O)N(c2ccccc2F)C(=O)/C1=N/C(Cl)C(Cl)(Cl)Cl. The number of anilines is 1. The van der Waals surface area contributed by atoms with Gasteiger partial charge >= 0.3 is 11.9 Å². The summed E-state index contributed by atoms with van der Waals surface area (Å²) in [6.07, 6.45) is 0. The fourth-order valence-electron chi connectivity index (χ4n) is 1.74. The normalized spacial score (nSPS) is 19.3. The van der Waals surface area contributed by atoms with Gasteiger partial charge in [-0.3, -0.25) is 9.69 Å². The molecule has 0 saturated carbocycles. The minimum Gasteiger partial charge on any atom is -0.276 e. The van der Waals surface area contributed by atoms with E-state index < -0.39 is 27.0 Å². The van der Waals surface area contributed by atoms with E-state index in [9.17, 15) is 14.0 Å². The fourth-order valence-corrected chi connectivity index (χ4v) is 1.98. The molecule has 0 spiro atoms. The van der Waals surface area contributed by atoms with Gasteiger partial charge in [-0.25, -0.2) is 19.1 Å². The molecule has 0 aliphatic carbocycles. The molecule has 2 rings (SSSR count). The molecule has 22 heavy (non-hydrogen) atoms. The Hall–Kier alpha value is -1.08. The van der Waals surface area contributed by atoms with Crippen LogP contribution < -0.4 is 4.90 Å². The van der Waals surface area contributed by atoms with Crippen molar-refractivity contribution in [1.29, 1.82) is 0 Å². The average Bonchev–Trinajstić information content (AvgIpc) is 2.63. The number of hydrogen-bond donors (Lipinski definition) is 0. The summed E-state index contributed by atoms with van der Waals surface area (Å²) in [5, 5.41) is 0. The van der Waals surface area contributed by atoms with Crippen LogP contribution >= 0.6 is 46.4 Å². The predicted octanol–water partition coefficient (Wildman–Crippen LogP) is 3.56. The molecule has 1 aromatic carbocycles. The van der Waals surface area contributed by atoms with E-state index in [1.165, 1.54) is 25.2 Å². The van der Waals surface area contributed by atoms with Crippen molar-refractivity contribution in [3.8, 4) is 0 Å². The zero-order valence-corrected chi connectivity index (χ0v) is 14.0. The molecule has 0 N–H and O–H groups in total. The molecule has 1 aliphatic heterocycles. The van der Waals surface area contributed by atoms with E-state index >= 15 is 0 Å². The number of imide groups is 1. The smallest absolute Gasteiger partial charge is 0.276 e. The van der Waals surface area contributed by atoms with Crippen molar-refractivity contribution in [3.05, 3.63) is 30.1 Å². The predicted molar refractivity (Wildman–Crippen MR) is 84.4 cm³/mol. The first-order chi connectivity index (χ1) is 10.1. The maximum absolute atomic E-state index is 13.8. The highest BCUT2D eigenvalue weighted by Gasteiger charge is 2.44. The summed E-state index contributed by atoms with van der Waals surface area (Å²) in [6.45, 7) is 0. The number of hydrogen-bond acceptors (Lipinski definition) is 3. The number of alkyl halides is 4. The van der Waals surface area contributed by atoms with E-state index in [-0.39, 0.29) is 11.5 Å². The molecular formula is C12H8Cl4FN3O2. The Morgan fingerprint density at radius 3 is 2.36 bits per heavy atom. The largest absolute Gasteiger partial charge is 0.337 e. The van der Waals surface area contributed by atoms with Crippen LogP contribution in [0, 0.1) is 5.82 Å². The third kappa shape index (κ3) is 3.15. The molecule has 1 fully saturated rings. The lowest BCUT2D eigenvalue weighted by Gasteiger charge is -2.15. The highest BCUT2D eigenvalue weighted by atomic mass is 35.6. The monoisotopic (exact) mass is 385 g/mol. The maximum Gasteiger partial charge on any atom is 0.337 e. The van der Waals surface area contributed by atoms with Crippen molar-refractivity contribution in [2.75, 3.05) is 11.9 Å². The number of likely N-dealkylation sites (N-methyl/N-ethyl adjacent to an activating group) is 1. The zero-order chi connectivity index (χ0) is 16.7. The van der Waals surface area contributed by atoms with E-state index in [1.54, 1.807) is 0 Å². The molecule has 0 bridgehead atoms. The number of rotatable bonds is 2. The van der Waals surface area contributed by atoms with Crippen LogP contribution in [0.4, 0.5) is 14.9 Å². The average molecular weight is 387 g/mol. The molecule has 118 valence electrons. The maximum atomic E-state index is 13.8. The molecular weight excluding hydrogens is 379 g/mol. The van der Waals surface area contributed by atoms with Crippen LogP contribution in [0.2, 0.25) is 0 Å². The number of carbonyl (C=O) groups is 2. The number of benzene rings is 1. The first-order valence-electron chi connectivity index (χ1n) is 5.80. The van der Waals surface area contributed by atoms with Gasteiger partial charge in [0, 0.05) is 7.05 Å². The van der Waals surface area contributed by atoms with Gasteiger partial charge in [-0.15, -0.1) is 0 Å². The van der Waals surface area contributed by atoms with Crippen LogP contribution in [0.25, 0.3) is 0 Å². The first-order valence-corrected chi connectivity index (χ1v) is 7.37. The van der Waals surface area contributed by atoms with E-state index in [0.717, 1.165) is 11.0 Å². The van der Waals surface area contributed by atoms with Crippen molar-refractivity contribution in [2.45, 2.75) is 9.29 Å². The number of aliphatic imine (C=N–C) groups is 1. The zero-order valence-electron chi connectivity index (χ0n) is 10.9. The Bertz CT molecular complexity index is 662. The molecule has 1 aromatic rings. The second kappa shape index (κ2) is 6.20. The molecule has 0 radical (unpaired) electrons. The molecule has 1 atom stereocenters. The number of carbonyl (C=O) groups excluding carboxylic acids is 2. The van der Waals surface area contributed by atoms with Crippen LogP contribution in [0.5, 0.6) is 0 Å². The lowest BCUT2D eigenvalue weighted by atomic mass is 10.3. The minimum absolute atomic E-state index is 0.199. The Morgan fingerprint density at radius 1 is 1.23 bits per heavy atom. The van der Waals surface area contributed by atoms with Gasteiger partial charge < -0.3 is 0 Å². The van der Waals surface area contributed by atoms with Gasteiger partial charge in [0.05, 0.1) is 5.69 Å². The summed E-state index contributed by atoms with van der Waals surface area (Å²) in [6, 6.07) is 4.54. The second-order valence-corrected chi connectivity index (χ2v) is 7.05. The third-order valence-electron chi connectivity index (χ3n) is 2.79. The number of amides is 3. The topological polar surface area (TPSA) is 53.0 Å². The molecule has 10 heteroatoms. The van der Waals surface area contributed by atoms with Gasteiger partial charge in [0.15, 0.2) is 5.50 Å². The van der Waals surface area contributed by atoms with Gasteiger partial charge in [-0.1, -0.05) is 58.5 Å². The van der Waals surface area contributed by atoms with Gasteiger partial charge in [0.1, 0.15) is 5.82 Å². The molecule has 1 saturated heterocycles. The minimum atomic E-state index is -1.97. The summed E-state index contributed by atoms with van der Waals surface area (Å²) in [5.74, 6) is -1.94. The highest BCUT2D eigenvalue weighted by molar-refractivity contribution is 6.70. The lowest BCUT2D eigenvalue weighted by Crippen LogP contribution is -2.32. The Balaban J connectivity index is 2.43. The summed E-state index contributed by atoms with van der Waals surface area (Å²) in [7, 11) is 1.28. The second-order valence-electron chi connectivity index (χ2n) is 4.26. The third-order valence-corrected chi connectivity index (χ3v) is 4.17. The van der Waals surface area contributed by atoms with Crippen molar-refractivity contribution in [1.82, 2.24) is 4.90 Å². The number of halogens is 5. The Morgan fingerprint density at radius 2 is 1.82 bits per heavy atom. The summed E-state index contributed by atoms with van der Waals surface area (Å²) >= 11 is 22.5. The Kier molecular flexibility index (Phi) is 4.87. The number of amidine groups is 1. The first kappa shape index (κ1) is 17.3. The molecule has 0 aromatic heterocycles. The standard InChI is InChI=1S/C12H8Cl4FN3O2/c1-19-8(18-10(13)12(14,15)16)9(21)20(11(19)22)7-5-3-2-4-6(7)17/h2-5,10H,1H3/b18-8-. The van der Waals surface area contributed by atoms with Gasteiger partial charge in [-0.05, 0) is 12.1 Å². The van der Waals surface area contributed by atoms with E-state index in [1.807, 2.05) is 0 Å². The summed E-state index contributed by atoms with van der Waals surface area (Å²) < 4.78 is 11.8. The van der Waals surface area contributed by atoms with E-state index in [2.05, 4.69) is 4.99 Å². The lowest BCUT2D eigenvalue weighted by molar-refractivity contribution is -0.111. The number of urea groups is 1. The van der Waals surface area contributed by atoms with Crippen LogP contribution in [0.15, 0.2) is 29.3 Å². The van der Waals surface area contributed by atoms with Crippen LogP contribution in [-0.2, 0) is 4.79 Å². The molecule has 1 unspecified atom stereocenters. The number of nitrogens with zero attached hydrogens (tertiary/aromatic N) is 3. The summed E-state index contributed by atoms with van der Waals surface area (Å²) in [4.78, 5) is 29.8. The summed E-state index contributed by atoms with van der Waals surface area (Å²) in [5.41, 5.74) is -1.60. The fraction of sp³-hybridized carbons (Fsp3) is 0.250. The van der Waals surface area contributed by atoms with Gasteiger partial charge in [0.2, 0.25) is 9.63 Å². The quantitative estimate of drug-likeness (QED) is 0.443. The van der Waals surface area contributed by atoms with Gasteiger partial charge in [-0.2, -0.15) is 0 Å². The Labute approximate surface area is 145 Å². The highest BCUT2D eigenvalue weighted by Crippen LogP contribution is 2.35. The van der Waals surface area contributed by atoms with Gasteiger partial charge in [0.25, 0.3) is 0 Å². The van der Waals surface area contributed by atoms with Crippen LogP contribution in [0.1, 0.15) is 0 Å². The van der Waals surface area contributed by atoms with Crippen molar-refractivity contribution in [2.24, 2.45) is 4.99 Å². The molecule has 1 heterocycles. The van der Waals surface area contributed by atoms with E-state index in [4.69, 9.17) is 46.4 Å². The van der Waals surface area contributed by atoms with Crippen molar-refractivity contribution >= 4 is 69.9 Å². The van der Waals surface area contributed by atoms with Crippen molar-refractivity contribution in [3.63, 3.8) is 0 Å². The number of para-hydroxylation sites is 1. The molecule has 5 nitrogen and oxygen atoms in total. The molecule has 3 amide bonds. The molecule has 1 aliphatic rings. The van der Waals surface area contributed by atoms with E-state index in [0.29, 0.717) is 4.90 Å². The van der Waals surface area contributed by atoms with Crippen LogP contribution in [0.3, 0.4) is 0 Å².